The summed E-state index contributed by atoms with van der Waals surface area (Å²) in [5.74, 6) is -0.258. The van der Waals surface area contributed by atoms with Crippen LogP contribution < -0.4 is 5.73 Å². The van der Waals surface area contributed by atoms with Gasteiger partial charge >= 0.3 is 6.18 Å². The Kier molecular flexibility index (Phi) is 6.67. The molecule has 0 aromatic rings. The van der Waals surface area contributed by atoms with Gasteiger partial charge in [-0.05, 0) is 12.8 Å². The number of ether oxygens (including phenoxy) is 1. The number of halogens is 3. The summed E-state index contributed by atoms with van der Waals surface area (Å²) in [4.78, 5) is 13.8. The smallest absolute Gasteiger partial charge is 0.392 e. The second-order valence-electron chi connectivity index (χ2n) is 4.84. The van der Waals surface area contributed by atoms with Crippen LogP contribution in [-0.4, -0.2) is 47.8 Å². The Morgan fingerprint density at radius 1 is 1.35 bits per heavy atom. The van der Waals surface area contributed by atoms with Gasteiger partial charge < -0.3 is 15.4 Å². The summed E-state index contributed by atoms with van der Waals surface area (Å²) in [6.45, 7) is -1.41. The SMILES string of the molecule is NC(=S)CN(C(=O)CCOCC(F)(F)F)C1CCCC1. The number of carbonyl (C=O) groups excluding carboxylic acids is 1. The molecule has 0 aliphatic heterocycles. The summed E-state index contributed by atoms with van der Waals surface area (Å²) in [5, 5.41) is 0. The van der Waals surface area contributed by atoms with Crippen LogP contribution in [0.4, 0.5) is 13.2 Å². The van der Waals surface area contributed by atoms with E-state index in [-0.39, 0.29) is 36.5 Å². The fourth-order valence-electron chi connectivity index (χ4n) is 2.30. The molecule has 1 rings (SSSR count). The van der Waals surface area contributed by atoms with E-state index in [4.69, 9.17) is 18.0 Å². The number of nitrogens with two attached hydrogens (primary N) is 1. The van der Waals surface area contributed by atoms with E-state index < -0.39 is 12.8 Å². The van der Waals surface area contributed by atoms with Crippen molar-refractivity contribution in [3.8, 4) is 0 Å². The maximum absolute atomic E-state index is 12.0. The zero-order valence-corrected chi connectivity index (χ0v) is 11.9. The van der Waals surface area contributed by atoms with E-state index in [0.717, 1.165) is 25.7 Å². The van der Waals surface area contributed by atoms with Crippen molar-refractivity contribution < 1.29 is 22.7 Å². The van der Waals surface area contributed by atoms with Crippen LogP contribution >= 0.6 is 12.2 Å². The summed E-state index contributed by atoms with van der Waals surface area (Å²) in [6.07, 6.45) is -0.607. The lowest BCUT2D eigenvalue weighted by Crippen LogP contribution is -2.44. The predicted molar refractivity (Wildman–Crippen MR) is 72.2 cm³/mol. The second-order valence-corrected chi connectivity index (χ2v) is 5.37. The third kappa shape index (κ3) is 6.51. The molecule has 0 spiro atoms. The molecule has 1 aliphatic rings. The minimum Gasteiger partial charge on any atom is -0.392 e. The van der Waals surface area contributed by atoms with E-state index in [1.807, 2.05) is 0 Å². The van der Waals surface area contributed by atoms with Gasteiger partial charge in [0.15, 0.2) is 0 Å². The van der Waals surface area contributed by atoms with Crippen LogP contribution in [0.1, 0.15) is 32.1 Å². The fourth-order valence-corrected chi connectivity index (χ4v) is 2.43. The van der Waals surface area contributed by atoms with Gasteiger partial charge in [-0.1, -0.05) is 25.1 Å². The average molecular weight is 312 g/mol. The first-order chi connectivity index (χ1) is 9.29. The largest absolute Gasteiger partial charge is 0.411 e. The van der Waals surface area contributed by atoms with Crippen molar-refractivity contribution in [3.63, 3.8) is 0 Å². The monoisotopic (exact) mass is 312 g/mol. The van der Waals surface area contributed by atoms with E-state index in [0.29, 0.717) is 0 Å². The summed E-state index contributed by atoms with van der Waals surface area (Å²) >= 11 is 4.81. The molecule has 8 heteroatoms. The number of hydrogen-bond donors (Lipinski definition) is 1. The van der Waals surface area contributed by atoms with Gasteiger partial charge in [0.1, 0.15) is 6.61 Å². The molecule has 0 radical (unpaired) electrons. The van der Waals surface area contributed by atoms with Gasteiger partial charge in [0.05, 0.1) is 24.6 Å². The molecule has 1 aliphatic carbocycles. The van der Waals surface area contributed by atoms with E-state index in [1.54, 1.807) is 4.90 Å². The van der Waals surface area contributed by atoms with Crippen molar-refractivity contribution in [2.75, 3.05) is 19.8 Å². The molecule has 1 amide bonds. The molecule has 0 aromatic carbocycles. The highest BCUT2D eigenvalue weighted by Crippen LogP contribution is 2.24. The van der Waals surface area contributed by atoms with Crippen LogP contribution in [0.25, 0.3) is 0 Å². The molecule has 2 N–H and O–H groups in total. The highest BCUT2D eigenvalue weighted by Gasteiger charge is 2.29. The Morgan fingerprint density at radius 2 is 1.95 bits per heavy atom. The summed E-state index contributed by atoms with van der Waals surface area (Å²) in [7, 11) is 0. The van der Waals surface area contributed by atoms with E-state index >= 15 is 0 Å². The number of thiocarbonyl (C=S) groups is 1. The molecule has 0 atom stereocenters. The van der Waals surface area contributed by atoms with Gasteiger partial charge in [0.2, 0.25) is 5.91 Å². The van der Waals surface area contributed by atoms with Crippen molar-refractivity contribution in [1.82, 2.24) is 4.90 Å². The predicted octanol–water partition coefficient (Wildman–Crippen LogP) is 2.01. The Morgan fingerprint density at radius 3 is 2.45 bits per heavy atom. The zero-order valence-electron chi connectivity index (χ0n) is 11.1. The molecule has 0 saturated heterocycles. The van der Waals surface area contributed by atoms with Gasteiger partial charge in [0, 0.05) is 6.04 Å². The molecule has 4 nitrogen and oxygen atoms in total. The van der Waals surface area contributed by atoms with Gasteiger partial charge in [-0.15, -0.1) is 0 Å². The lowest BCUT2D eigenvalue weighted by Gasteiger charge is -2.28. The second kappa shape index (κ2) is 7.78. The maximum atomic E-state index is 12.0. The fraction of sp³-hybridized carbons (Fsp3) is 0.833. The Balaban J connectivity index is 2.40. The lowest BCUT2D eigenvalue weighted by atomic mass is 10.2. The summed E-state index contributed by atoms with van der Waals surface area (Å²) < 4.78 is 40.2. The van der Waals surface area contributed by atoms with Crippen LogP contribution in [0.3, 0.4) is 0 Å². The molecule has 1 fully saturated rings. The van der Waals surface area contributed by atoms with Gasteiger partial charge in [-0.2, -0.15) is 13.2 Å². The van der Waals surface area contributed by atoms with Crippen molar-refractivity contribution in [2.24, 2.45) is 5.73 Å². The number of carbonyl (C=O) groups is 1. The standard InChI is InChI=1S/C12H19F3N2O2S/c13-12(14,15)8-19-6-5-11(18)17(7-10(16)20)9-3-1-2-4-9/h9H,1-8H2,(H2,16,20). The molecule has 20 heavy (non-hydrogen) atoms. The third-order valence-corrected chi connectivity index (χ3v) is 3.27. The van der Waals surface area contributed by atoms with Crippen molar-refractivity contribution in [3.05, 3.63) is 0 Å². The quantitative estimate of drug-likeness (QED) is 0.577. The van der Waals surface area contributed by atoms with Gasteiger partial charge in [0.25, 0.3) is 0 Å². The highest BCUT2D eigenvalue weighted by atomic mass is 32.1. The van der Waals surface area contributed by atoms with Crippen LogP contribution in [0.5, 0.6) is 0 Å². The summed E-state index contributed by atoms with van der Waals surface area (Å²) in [5.41, 5.74) is 5.47. The zero-order chi connectivity index (χ0) is 15.2. The Labute approximate surface area is 121 Å². The molecule has 0 bridgehead atoms. The summed E-state index contributed by atoms with van der Waals surface area (Å²) in [6, 6.07) is 0.0895. The van der Waals surface area contributed by atoms with Gasteiger partial charge in [-0.25, -0.2) is 0 Å². The number of alkyl halides is 3. The average Bonchev–Trinajstić information content (AvgIpc) is 2.83. The third-order valence-electron chi connectivity index (χ3n) is 3.14. The number of rotatable bonds is 7. The molecule has 0 aromatic heterocycles. The molecule has 116 valence electrons. The van der Waals surface area contributed by atoms with Crippen molar-refractivity contribution in [1.29, 1.82) is 0 Å². The van der Waals surface area contributed by atoms with Crippen LogP contribution in [0, 0.1) is 0 Å². The van der Waals surface area contributed by atoms with Crippen molar-refractivity contribution >= 4 is 23.1 Å². The Hall–Kier alpha value is -0.890. The van der Waals surface area contributed by atoms with Crippen molar-refractivity contribution in [2.45, 2.75) is 44.3 Å². The molecular formula is C12H19F3N2O2S. The van der Waals surface area contributed by atoms with E-state index in [9.17, 15) is 18.0 Å². The van der Waals surface area contributed by atoms with E-state index in [1.165, 1.54) is 0 Å². The maximum Gasteiger partial charge on any atom is 0.411 e. The minimum atomic E-state index is -4.37. The van der Waals surface area contributed by atoms with Crippen LogP contribution in [0.2, 0.25) is 0 Å². The minimum absolute atomic E-state index is 0.0881. The first-order valence-electron chi connectivity index (χ1n) is 6.52. The highest BCUT2D eigenvalue weighted by molar-refractivity contribution is 7.80. The van der Waals surface area contributed by atoms with E-state index in [2.05, 4.69) is 4.74 Å². The van der Waals surface area contributed by atoms with Crippen LogP contribution in [-0.2, 0) is 9.53 Å². The molecule has 0 unspecified atom stereocenters. The topological polar surface area (TPSA) is 55.6 Å². The number of amides is 1. The van der Waals surface area contributed by atoms with Gasteiger partial charge in [-0.3, -0.25) is 4.79 Å². The Bertz CT molecular complexity index is 344. The van der Waals surface area contributed by atoms with Crippen LogP contribution in [0.15, 0.2) is 0 Å². The normalized spacial score (nSPS) is 16.4. The number of nitrogens with zero attached hydrogens (tertiary/aromatic N) is 1. The lowest BCUT2D eigenvalue weighted by molar-refractivity contribution is -0.175. The molecular weight excluding hydrogens is 293 g/mol. The first kappa shape index (κ1) is 17.2. The molecule has 1 saturated carbocycles. The molecule has 0 heterocycles. The first-order valence-corrected chi connectivity index (χ1v) is 6.92. The number of hydrogen-bond acceptors (Lipinski definition) is 3.